The molecule has 0 aliphatic rings. The van der Waals surface area contributed by atoms with E-state index in [-0.39, 0.29) is 24.2 Å². The van der Waals surface area contributed by atoms with Gasteiger partial charge in [-0.05, 0) is 20.3 Å². The monoisotopic (exact) mass is 228 g/mol. The van der Waals surface area contributed by atoms with Crippen LogP contribution in [-0.4, -0.2) is 38.8 Å². The first-order chi connectivity index (χ1) is 7.56. The molecule has 1 aromatic heterocycles. The maximum absolute atomic E-state index is 11.5. The maximum Gasteiger partial charge on any atom is 0.363 e. The zero-order valence-corrected chi connectivity index (χ0v) is 9.38. The van der Waals surface area contributed by atoms with Crippen molar-refractivity contribution in [3.05, 3.63) is 5.69 Å². The number of aromatic nitrogens is 3. The molecule has 0 saturated heterocycles. The van der Waals surface area contributed by atoms with Crippen molar-refractivity contribution in [2.45, 2.75) is 32.9 Å². The van der Waals surface area contributed by atoms with Gasteiger partial charge in [0.05, 0.1) is 6.10 Å². The third-order valence-corrected chi connectivity index (χ3v) is 1.84. The van der Waals surface area contributed by atoms with Crippen LogP contribution < -0.4 is 5.73 Å². The average Bonchev–Trinajstić information content (AvgIpc) is 2.56. The summed E-state index contributed by atoms with van der Waals surface area (Å²) in [5, 5.41) is 16.0. The standard InChI is InChI=1S/C9H16N4O3/c1-6(2)16-9(15)7-8(10)13(12-11-7)4-3-5-14/h6,14H,3-5,10H2,1-2H3. The molecule has 90 valence electrons. The van der Waals surface area contributed by atoms with E-state index in [1.807, 2.05) is 0 Å². The van der Waals surface area contributed by atoms with Gasteiger partial charge in [0.1, 0.15) is 0 Å². The molecule has 0 radical (unpaired) electrons. The highest BCUT2D eigenvalue weighted by Crippen LogP contribution is 2.10. The third-order valence-electron chi connectivity index (χ3n) is 1.84. The van der Waals surface area contributed by atoms with Gasteiger partial charge < -0.3 is 15.6 Å². The van der Waals surface area contributed by atoms with E-state index in [2.05, 4.69) is 10.3 Å². The Morgan fingerprint density at radius 2 is 2.31 bits per heavy atom. The molecule has 7 heteroatoms. The Bertz CT molecular complexity index is 362. The van der Waals surface area contributed by atoms with E-state index >= 15 is 0 Å². The number of carbonyl (C=O) groups excluding carboxylic acids is 1. The predicted molar refractivity (Wildman–Crippen MR) is 56.7 cm³/mol. The van der Waals surface area contributed by atoms with Crippen molar-refractivity contribution in [1.29, 1.82) is 0 Å². The Labute approximate surface area is 93.2 Å². The smallest absolute Gasteiger partial charge is 0.363 e. The largest absolute Gasteiger partial charge is 0.458 e. The number of ether oxygens (including phenoxy) is 1. The first kappa shape index (κ1) is 12.4. The summed E-state index contributed by atoms with van der Waals surface area (Å²) >= 11 is 0. The molecule has 0 spiro atoms. The first-order valence-corrected chi connectivity index (χ1v) is 5.07. The van der Waals surface area contributed by atoms with Gasteiger partial charge in [-0.3, -0.25) is 0 Å². The van der Waals surface area contributed by atoms with Crippen molar-refractivity contribution >= 4 is 11.8 Å². The quantitative estimate of drug-likeness (QED) is 0.677. The number of nitrogen functional groups attached to an aromatic ring is 1. The number of aliphatic hydroxyl groups is 1. The molecule has 0 aromatic carbocycles. The topological polar surface area (TPSA) is 103 Å². The van der Waals surface area contributed by atoms with Crippen molar-refractivity contribution in [3.8, 4) is 0 Å². The van der Waals surface area contributed by atoms with Crippen LogP contribution in [0.25, 0.3) is 0 Å². The van der Waals surface area contributed by atoms with Gasteiger partial charge in [0.25, 0.3) is 0 Å². The number of anilines is 1. The summed E-state index contributed by atoms with van der Waals surface area (Å²) < 4.78 is 6.32. The maximum atomic E-state index is 11.5. The van der Waals surface area contributed by atoms with Crippen molar-refractivity contribution in [2.24, 2.45) is 0 Å². The summed E-state index contributed by atoms with van der Waals surface area (Å²) in [7, 11) is 0. The van der Waals surface area contributed by atoms with Gasteiger partial charge in [0.2, 0.25) is 5.69 Å². The molecule has 0 atom stereocenters. The normalized spacial score (nSPS) is 10.8. The Morgan fingerprint density at radius 3 is 2.88 bits per heavy atom. The van der Waals surface area contributed by atoms with Crippen LogP contribution >= 0.6 is 0 Å². The number of carbonyl (C=O) groups is 1. The predicted octanol–water partition coefficient (Wildman–Crippen LogP) is -0.192. The van der Waals surface area contributed by atoms with Crippen molar-refractivity contribution in [2.75, 3.05) is 12.3 Å². The second-order valence-corrected chi connectivity index (χ2v) is 3.58. The van der Waals surface area contributed by atoms with Crippen LogP contribution in [0.5, 0.6) is 0 Å². The van der Waals surface area contributed by atoms with Crippen LogP contribution in [0.4, 0.5) is 5.82 Å². The number of nitrogens with two attached hydrogens (primary N) is 1. The molecule has 1 rings (SSSR count). The Morgan fingerprint density at radius 1 is 1.62 bits per heavy atom. The first-order valence-electron chi connectivity index (χ1n) is 5.07. The van der Waals surface area contributed by atoms with Crippen molar-refractivity contribution < 1.29 is 14.6 Å². The molecule has 0 aliphatic heterocycles. The zero-order valence-electron chi connectivity index (χ0n) is 9.38. The molecule has 3 N–H and O–H groups in total. The highest BCUT2D eigenvalue weighted by molar-refractivity contribution is 5.91. The van der Waals surface area contributed by atoms with E-state index in [1.165, 1.54) is 4.68 Å². The summed E-state index contributed by atoms with van der Waals surface area (Å²) in [5.74, 6) is -0.415. The average molecular weight is 228 g/mol. The van der Waals surface area contributed by atoms with Crippen LogP contribution in [0.15, 0.2) is 0 Å². The number of aliphatic hydroxyl groups excluding tert-OH is 1. The molecule has 0 amide bonds. The van der Waals surface area contributed by atoms with E-state index in [0.29, 0.717) is 13.0 Å². The van der Waals surface area contributed by atoms with E-state index in [1.54, 1.807) is 13.8 Å². The molecule has 1 heterocycles. The van der Waals surface area contributed by atoms with Crippen LogP contribution in [-0.2, 0) is 11.3 Å². The summed E-state index contributed by atoms with van der Waals surface area (Å²) in [6.07, 6.45) is 0.279. The Hall–Kier alpha value is -1.63. The molecule has 0 bridgehead atoms. The second-order valence-electron chi connectivity index (χ2n) is 3.58. The van der Waals surface area contributed by atoms with Gasteiger partial charge in [-0.2, -0.15) is 0 Å². The third kappa shape index (κ3) is 2.93. The Kier molecular flexibility index (Phi) is 4.24. The minimum absolute atomic E-state index is 0.0200. The highest BCUT2D eigenvalue weighted by Gasteiger charge is 2.19. The summed E-state index contributed by atoms with van der Waals surface area (Å²) in [6.45, 7) is 3.93. The van der Waals surface area contributed by atoms with Gasteiger partial charge in [-0.1, -0.05) is 5.21 Å². The lowest BCUT2D eigenvalue weighted by atomic mass is 10.4. The number of aryl methyl sites for hydroxylation is 1. The molecule has 0 unspecified atom stereocenters. The molecule has 7 nitrogen and oxygen atoms in total. The number of hydrogen-bond acceptors (Lipinski definition) is 6. The minimum atomic E-state index is -0.581. The molecular weight excluding hydrogens is 212 g/mol. The number of hydrogen-bond donors (Lipinski definition) is 2. The minimum Gasteiger partial charge on any atom is -0.458 e. The van der Waals surface area contributed by atoms with Gasteiger partial charge in [-0.15, -0.1) is 5.10 Å². The lowest BCUT2D eigenvalue weighted by Crippen LogP contribution is -2.14. The molecule has 0 aliphatic carbocycles. The lowest BCUT2D eigenvalue weighted by molar-refractivity contribution is 0.0372. The number of esters is 1. The molecule has 16 heavy (non-hydrogen) atoms. The fourth-order valence-corrected chi connectivity index (χ4v) is 1.12. The number of rotatable bonds is 5. The summed E-state index contributed by atoms with van der Waals surface area (Å²) in [4.78, 5) is 11.5. The van der Waals surface area contributed by atoms with Crippen molar-refractivity contribution in [3.63, 3.8) is 0 Å². The van der Waals surface area contributed by atoms with Crippen LogP contribution in [0.3, 0.4) is 0 Å². The fraction of sp³-hybridized carbons (Fsp3) is 0.667. The summed E-state index contributed by atoms with van der Waals surface area (Å²) in [6, 6.07) is 0. The molecule has 0 saturated carbocycles. The SMILES string of the molecule is CC(C)OC(=O)c1nnn(CCCO)c1N. The second kappa shape index (κ2) is 5.45. The summed E-state index contributed by atoms with van der Waals surface area (Å²) in [5.41, 5.74) is 5.70. The van der Waals surface area contributed by atoms with Crippen LogP contribution in [0.2, 0.25) is 0 Å². The van der Waals surface area contributed by atoms with E-state index < -0.39 is 5.97 Å². The van der Waals surface area contributed by atoms with Gasteiger partial charge >= 0.3 is 5.97 Å². The van der Waals surface area contributed by atoms with Crippen LogP contribution in [0.1, 0.15) is 30.8 Å². The molecule has 0 fully saturated rings. The van der Waals surface area contributed by atoms with Gasteiger partial charge in [0.15, 0.2) is 5.82 Å². The van der Waals surface area contributed by atoms with Crippen molar-refractivity contribution in [1.82, 2.24) is 15.0 Å². The van der Waals surface area contributed by atoms with E-state index in [0.717, 1.165) is 0 Å². The highest BCUT2D eigenvalue weighted by atomic mass is 16.5. The van der Waals surface area contributed by atoms with E-state index in [4.69, 9.17) is 15.6 Å². The Balaban J connectivity index is 2.74. The van der Waals surface area contributed by atoms with Gasteiger partial charge in [0, 0.05) is 13.2 Å². The number of nitrogens with zero attached hydrogens (tertiary/aromatic N) is 3. The van der Waals surface area contributed by atoms with Crippen LogP contribution in [0, 0.1) is 0 Å². The molecular formula is C9H16N4O3. The molecule has 1 aromatic rings. The zero-order chi connectivity index (χ0) is 12.1. The lowest BCUT2D eigenvalue weighted by Gasteiger charge is -2.06. The van der Waals surface area contributed by atoms with Gasteiger partial charge in [-0.25, -0.2) is 9.48 Å². The fourth-order valence-electron chi connectivity index (χ4n) is 1.12. The van der Waals surface area contributed by atoms with E-state index in [9.17, 15) is 4.79 Å².